The van der Waals surface area contributed by atoms with E-state index in [2.05, 4.69) is 0 Å². The molecule has 1 rings (SSSR count). The van der Waals surface area contributed by atoms with Gasteiger partial charge in [0.05, 0.1) is 5.92 Å². The Balaban J connectivity index is 2.25. The number of carboxylic acid groups (broad SMARTS) is 1. The van der Waals surface area contributed by atoms with Crippen LogP contribution < -0.4 is 0 Å². The van der Waals surface area contributed by atoms with Gasteiger partial charge in [0.15, 0.2) is 0 Å². The molecule has 0 spiro atoms. The summed E-state index contributed by atoms with van der Waals surface area (Å²) in [7, 11) is 0. The maximum Gasteiger partial charge on any atom is 0.306 e. The average molecular weight is 210 g/mol. The third-order valence-electron chi connectivity index (χ3n) is 3.15. The van der Waals surface area contributed by atoms with Crippen molar-refractivity contribution in [2.45, 2.75) is 32.1 Å². The minimum atomic E-state index is -0.679. The summed E-state index contributed by atoms with van der Waals surface area (Å²) >= 11 is 0. The van der Waals surface area contributed by atoms with Crippen molar-refractivity contribution in [2.75, 3.05) is 0 Å². The Kier molecular flexibility index (Phi) is 4.46. The summed E-state index contributed by atoms with van der Waals surface area (Å²) in [6.45, 7) is 0. The van der Waals surface area contributed by atoms with E-state index in [1.165, 1.54) is 12.4 Å². The van der Waals surface area contributed by atoms with Gasteiger partial charge in [0.2, 0.25) is 0 Å². The smallest absolute Gasteiger partial charge is 0.306 e. The molecule has 0 aromatic heterocycles. The summed E-state index contributed by atoms with van der Waals surface area (Å²) < 4.78 is 0. The van der Waals surface area contributed by atoms with Crippen molar-refractivity contribution < 1.29 is 9.90 Å². The van der Waals surface area contributed by atoms with Crippen molar-refractivity contribution in [3.05, 3.63) is 0 Å². The Morgan fingerprint density at radius 2 is 1.87 bits per heavy atom. The van der Waals surface area contributed by atoms with Crippen LogP contribution in [-0.2, 0) is 4.79 Å². The normalized spacial score (nSPS) is 26.4. The van der Waals surface area contributed by atoms with Crippen molar-refractivity contribution in [1.82, 2.24) is 0 Å². The van der Waals surface area contributed by atoms with Gasteiger partial charge in [0, 0.05) is 0 Å². The van der Waals surface area contributed by atoms with E-state index in [4.69, 9.17) is 15.9 Å². The Bertz CT molecular complexity index is 237. The molecule has 1 saturated carbocycles. The first-order valence-electron chi connectivity index (χ1n) is 5.38. The number of carbonyl (C=O) groups is 1. The van der Waals surface area contributed by atoms with Crippen LogP contribution in [-0.4, -0.2) is 23.5 Å². The standard InChI is InChI=1S/C11H18N2O2/c12-3-1-8(2-4-13)5-9-6-10(7-9)11(14)15/h3-4,8-10,12-13H,1-2,5-7H2,(H,14,15). The topological polar surface area (TPSA) is 85.0 Å². The fourth-order valence-electron chi connectivity index (χ4n) is 2.22. The average Bonchev–Trinajstić information content (AvgIpc) is 2.10. The van der Waals surface area contributed by atoms with Gasteiger partial charge in [-0.1, -0.05) is 0 Å². The first kappa shape index (κ1) is 11.9. The Morgan fingerprint density at radius 1 is 1.33 bits per heavy atom. The number of aliphatic carboxylic acids is 1. The number of hydrogen-bond donors (Lipinski definition) is 3. The maximum absolute atomic E-state index is 10.6. The molecule has 4 heteroatoms. The molecule has 0 aromatic carbocycles. The highest BCUT2D eigenvalue weighted by Gasteiger charge is 2.35. The zero-order chi connectivity index (χ0) is 11.3. The van der Waals surface area contributed by atoms with Crippen LogP contribution in [0.15, 0.2) is 0 Å². The molecule has 0 radical (unpaired) electrons. The minimum absolute atomic E-state index is 0.143. The van der Waals surface area contributed by atoms with Gasteiger partial charge in [0.1, 0.15) is 0 Å². The lowest BCUT2D eigenvalue weighted by Gasteiger charge is -2.34. The van der Waals surface area contributed by atoms with E-state index >= 15 is 0 Å². The summed E-state index contributed by atoms with van der Waals surface area (Å²) in [6, 6.07) is 0. The summed E-state index contributed by atoms with van der Waals surface area (Å²) in [5.41, 5.74) is 0. The fourth-order valence-corrected chi connectivity index (χ4v) is 2.22. The van der Waals surface area contributed by atoms with E-state index in [1.807, 2.05) is 0 Å². The van der Waals surface area contributed by atoms with E-state index in [9.17, 15) is 4.79 Å². The highest BCUT2D eigenvalue weighted by molar-refractivity contribution is 5.71. The highest BCUT2D eigenvalue weighted by Crippen LogP contribution is 2.39. The van der Waals surface area contributed by atoms with Crippen LogP contribution >= 0.6 is 0 Å². The Labute approximate surface area is 89.7 Å². The molecule has 0 saturated heterocycles. The molecule has 0 amide bonds. The Morgan fingerprint density at radius 3 is 2.27 bits per heavy atom. The van der Waals surface area contributed by atoms with Gasteiger partial charge in [-0.05, 0) is 56.4 Å². The van der Waals surface area contributed by atoms with Gasteiger partial charge in [-0.3, -0.25) is 4.79 Å². The second-order valence-corrected chi connectivity index (χ2v) is 4.35. The third-order valence-corrected chi connectivity index (χ3v) is 3.15. The SMILES string of the molecule is N=CCC(CC=N)CC1CC(C(=O)O)C1. The van der Waals surface area contributed by atoms with Crippen molar-refractivity contribution >= 4 is 18.4 Å². The van der Waals surface area contributed by atoms with Gasteiger partial charge in [-0.2, -0.15) is 0 Å². The third kappa shape index (κ3) is 3.46. The predicted molar refractivity (Wildman–Crippen MR) is 58.8 cm³/mol. The summed E-state index contributed by atoms with van der Waals surface area (Å²) in [5, 5.41) is 22.8. The van der Waals surface area contributed by atoms with Gasteiger partial charge in [-0.25, -0.2) is 0 Å². The molecular weight excluding hydrogens is 192 g/mol. The van der Waals surface area contributed by atoms with Crippen LogP contribution in [0.4, 0.5) is 0 Å². The van der Waals surface area contributed by atoms with Gasteiger partial charge in [-0.15, -0.1) is 0 Å². The first-order valence-corrected chi connectivity index (χ1v) is 5.38. The molecule has 4 nitrogen and oxygen atoms in total. The molecule has 0 heterocycles. The fraction of sp³-hybridized carbons (Fsp3) is 0.727. The number of nitrogens with one attached hydrogen (secondary N) is 2. The van der Waals surface area contributed by atoms with E-state index < -0.39 is 5.97 Å². The van der Waals surface area contributed by atoms with E-state index in [0.717, 1.165) is 19.3 Å². The van der Waals surface area contributed by atoms with Gasteiger partial charge >= 0.3 is 5.97 Å². The van der Waals surface area contributed by atoms with Crippen molar-refractivity contribution in [1.29, 1.82) is 10.8 Å². The second-order valence-electron chi connectivity index (χ2n) is 4.35. The predicted octanol–water partition coefficient (Wildman–Crippen LogP) is 2.18. The molecule has 0 aliphatic heterocycles. The molecule has 1 aliphatic carbocycles. The quantitative estimate of drug-likeness (QED) is 0.562. The number of hydrogen-bond acceptors (Lipinski definition) is 3. The number of carboxylic acids is 1. The molecule has 0 bridgehead atoms. The molecule has 0 aromatic rings. The molecule has 15 heavy (non-hydrogen) atoms. The molecule has 84 valence electrons. The lowest BCUT2D eigenvalue weighted by molar-refractivity contribution is -0.146. The van der Waals surface area contributed by atoms with Gasteiger partial charge < -0.3 is 15.9 Å². The van der Waals surface area contributed by atoms with Crippen LogP contribution in [0.3, 0.4) is 0 Å². The van der Waals surface area contributed by atoms with Crippen molar-refractivity contribution in [2.24, 2.45) is 17.8 Å². The maximum atomic E-state index is 10.6. The van der Waals surface area contributed by atoms with Crippen LogP contribution in [0.1, 0.15) is 32.1 Å². The van der Waals surface area contributed by atoms with Crippen LogP contribution in [0.2, 0.25) is 0 Å². The van der Waals surface area contributed by atoms with Crippen molar-refractivity contribution in [3.8, 4) is 0 Å². The lowest BCUT2D eigenvalue weighted by atomic mass is 9.70. The zero-order valence-corrected chi connectivity index (χ0v) is 8.78. The molecular formula is C11H18N2O2. The van der Waals surface area contributed by atoms with E-state index in [-0.39, 0.29) is 5.92 Å². The van der Waals surface area contributed by atoms with E-state index in [1.54, 1.807) is 0 Å². The monoisotopic (exact) mass is 210 g/mol. The van der Waals surface area contributed by atoms with E-state index in [0.29, 0.717) is 24.7 Å². The highest BCUT2D eigenvalue weighted by atomic mass is 16.4. The molecule has 3 N–H and O–H groups in total. The van der Waals surface area contributed by atoms with Crippen LogP contribution in [0.25, 0.3) is 0 Å². The van der Waals surface area contributed by atoms with Crippen LogP contribution in [0, 0.1) is 28.6 Å². The summed E-state index contributed by atoms with van der Waals surface area (Å²) in [6.07, 6.45) is 6.73. The molecule has 0 unspecified atom stereocenters. The first-order chi connectivity index (χ1) is 7.17. The zero-order valence-electron chi connectivity index (χ0n) is 8.78. The van der Waals surface area contributed by atoms with Crippen molar-refractivity contribution in [3.63, 3.8) is 0 Å². The minimum Gasteiger partial charge on any atom is -0.481 e. The lowest BCUT2D eigenvalue weighted by Crippen LogP contribution is -2.31. The molecule has 1 fully saturated rings. The van der Waals surface area contributed by atoms with Crippen LogP contribution in [0.5, 0.6) is 0 Å². The Hall–Kier alpha value is -1.19. The second kappa shape index (κ2) is 5.63. The molecule has 1 aliphatic rings. The largest absolute Gasteiger partial charge is 0.481 e. The summed E-state index contributed by atoms with van der Waals surface area (Å²) in [4.78, 5) is 10.6. The summed E-state index contributed by atoms with van der Waals surface area (Å²) in [5.74, 6) is 0.0354. The van der Waals surface area contributed by atoms with Gasteiger partial charge in [0.25, 0.3) is 0 Å². The molecule has 0 atom stereocenters. The number of rotatable bonds is 7.